The van der Waals surface area contributed by atoms with Crippen molar-refractivity contribution in [2.24, 2.45) is 0 Å². The van der Waals surface area contributed by atoms with Crippen molar-refractivity contribution in [2.75, 3.05) is 6.54 Å². The zero-order valence-electron chi connectivity index (χ0n) is 6.16. The van der Waals surface area contributed by atoms with Crippen LogP contribution in [0, 0.1) is 0 Å². The van der Waals surface area contributed by atoms with E-state index in [-0.39, 0.29) is 6.23 Å². The van der Waals surface area contributed by atoms with Gasteiger partial charge in [-0.15, -0.1) is 0 Å². The normalized spacial score (nSPS) is 22.4. The van der Waals surface area contributed by atoms with Crippen LogP contribution in [0.3, 0.4) is 0 Å². The molecule has 1 aliphatic rings. The van der Waals surface area contributed by atoms with Gasteiger partial charge >= 0.3 is 0 Å². The van der Waals surface area contributed by atoms with Gasteiger partial charge in [0.1, 0.15) is 5.75 Å². The summed E-state index contributed by atoms with van der Waals surface area (Å²) in [5, 5.41) is 3.14. The van der Waals surface area contributed by atoms with Gasteiger partial charge < -0.3 is 4.74 Å². The van der Waals surface area contributed by atoms with Crippen molar-refractivity contribution in [3.05, 3.63) is 24.5 Å². The Kier molecular flexibility index (Phi) is 1.73. The van der Waals surface area contributed by atoms with Crippen LogP contribution in [0.4, 0.5) is 0 Å². The van der Waals surface area contributed by atoms with E-state index in [2.05, 4.69) is 10.3 Å². The molecular weight excluding hydrogens is 140 g/mol. The average Bonchev–Trinajstić information content (AvgIpc) is 1.99. The van der Waals surface area contributed by atoms with Gasteiger partial charge in [-0.05, 0) is 12.1 Å². The summed E-state index contributed by atoms with van der Waals surface area (Å²) in [6.07, 6.45) is 4.76. The lowest BCUT2D eigenvalue weighted by Crippen LogP contribution is -2.46. The number of rotatable bonds is 2. The van der Waals surface area contributed by atoms with Gasteiger partial charge in [0.05, 0.1) is 6.20 Å². The SMILES string of the molecule is c1cncc(O[C@H]2CCN2)c1. The van der Waals surface area contributed by atoms with Crippen molar-refractivity contribution in [1.82, 2.24) is 10.3 Å². The first-order chi connectivity index (χ1) is 5.45. The van der Waals surface area contributed by atoms with Crippen LogP contribution in [0.2, 0.25) is 0 Å². The lowest BCUT2D eigenvalue weighted by Gasteiger charge is -2.27. The molecule has 3 heteroatoms. The van der Waals surface area contributed by atoms with E-state index >= 15 is 0 Å². The van der Waals surface area contributed by atoms with Gasteiger partial charge in [0.15, 0.2) is 6.23 Å². The number of pyridine rings is 1. The fourth-order valence-electron chi connectivity index (χ4n) is 0.944. The smallest absolute Gasteiger partial charge is 0.151 e. The van der Waals surface area contributed by atoms with Gasteiger partial charge in [0, 0.05) is 19.2 Å². The Morgan fingerprint density at radius 2 is 2.55 bits per heavy atom. The van der Waals surface area contributed by atoms with Crippen LogP contribution >= 0.6 is 0 Å². The van der Waals surface area contributed by atoms with Crippen LogP contribution < -0.4 is 10.1 Å². The second kappa shape index (κ2) is 2.88. The van der Waals surface area contributed by atoms with Gasteiger partial charge in [-0.2, -0.15) is 0 Å². The van der Waals surface area contributed by atoms with E-state index in [0.29, 0.717) is 0 Å². The van der Waals surface area contributed by atoms with Crippen molar-refractivity contribution in [3.63, 3.8) is 0 Å². The van der Waals surface area contributed by atoms with Gasteiger partial charge in [-0.25, -0.2) is 0 Å². The number of aromatic nitrogens is 1. The third kappa shape index (κ3) is 1.49. The number of nitrogens with zero attached hydrogens (tertiary/aromatic N) is 1. The standard InChI is InChI=1S/C8H10N2O/c1-2-7(6-9-4-1)11-8-3-5-10-8/h1-2,4,6,8,10H,3,5H2/t8-/m0/s1. The summed E-state index contributed by atoms with van der Waals surface area (Å²) >= 11 is 0. The van der Waals surface area contributed by atoms with Crippen molar-refractivity contribution in [2.45, 2.75) is 12.6 Å². The molecule has 0 radical (unpaired) electrons. The first-order valence-electron chi connectivity index (χ1n) is 3.75. The Bertz CT molecular complexity index is 221. The van der Waals surface area contributed by atoms with Crippen LogP contribution in [-0.2, 0) is 0 Å². The lowest BCUT2D eigenvalue weighted by molar-refractivity contribution is 0.0983. The fourth-order valence-corrected chi connectivity index (χ4v) is 0.944. The number of hydrogen-bond donors (Lipinski definition) is 1. The Hall–Kier alpha value is -1.09. The van der Waals surface area contributed by atoms with E-state index in [9.17, 15) is 0 Å². The maximum Gasteiger partial charge on any atom is 0.151 e. The van der Waals surface area contributed by atoms with Gasteiger partial charge in [0.2, 0.25) is 0 Å². The summed E-state index contributed by atoms with van der Waals surface area (Å²) in [6, 6.07) is 3.78. The first-order valence-corrected chi connectivity index (χ1v) is 3.75. The molecule has 1 saturated heterocycles. The zero-order valence-corrected chi connectivity index (χ0v) is 6.16. The highest BCUT2D eigenvalue weighted by atomic mass is 16.5. The molecule has 0 aliphatic carbocycles. The van der Waals surface area contributed by atoms with Crippen molar-refractivity contribution in [1.29, 1.82) is 0 Å². The molecule has 11 heavy (non-hydrogen) atoms. The Labute approximate surface area is 65.4 Å². The molecule has 1 aliphatic heterocycles. The number of hydrogen-bond acceptors (Lipinski definition) is 3. The molecule has 0 spiro atoms. The number of nitrogens with one attached hydrogen (secondary N) is 1. The predicted octanol–water partition coefficient (Wildman–Crippen LogP) is 0.780. The molecule has 58 valence electrons. The van der Waals surface area contributed by atoms with Crippen LogP contribution in [0.5, 0.6) is 5.75 Å². The van der Waals surface area contributed by atoms with Crippen molar-refractivity contribution < 1.29 is 4.74 Å². The van der Waals surface area contributed by atoms with E-state index < -0.39 is 0 Å². The van der Waals surface area contributed by atoms with E-state index in [1.807, 2.05) is 12.1 Å². The minimum absolute atomic E-state index is 0.208. The molecule has 0 amide bonds. The molecule has 2 heterocycles. The second-order valence-corrected chi connectivity index (χ2v) is 2.54. The quantitative estimate of drug-likeness (QED) is 0.676. The third-order valence-electron chi connectivity index (χ3n) is 1.69. The highest BCUT2D eigenvalue weighted by Crippen LogP contribution is 2.12. The summed E-state index contributed by atoms with van der Waals surface area (Å²) in [4.78, 5) is 3.94. The second-order valence-electron chi connectivity index (χ2n) is 2.54. The van der Waals surface area contributed by atoms with Crippen molar-refractivity contribution >= 4 is 0 Å². The largest absolute Gasteiger partial charge is 0.474 e. The first kappa shape index (κ1) is 6.61. The molecule has 0 unspecified atom stereocenters. The van der Waals surface area contributed by atoms with E-state index in [4.69, 9.17) is 4.74 Å². The molecule has 1 fully saturated rings. The van der Waals surface area contributed by atoms with E-state index in [1.165, 1.54) is 0 Å². The van der Waals surface area contributed by atoms with Crippen LogP contribution in [-0.4, -0.2) is 17.8 Å². The summed E-state index contributed by atoms with van der Waals surface area (Å²) in [5.74, 6) is 0.838. The van der Waals surface area contributed by atoms with Crippen molar-refractivity contribution in [3.8, 4) is 5.75 Å². The van der Waals surface area contributed by atoms with Gasteiger partial charge in [-0.1, -0.05) is 0 Å². The molecule has 1 aromatic rings. The topological polar surface area (TPSA) is 34.1 Å². The zero-order chi connectivity index (χ0) is 7.52. The molecule has 1 N–H and O–H groups in total. The molecule has 2 rings (SSSR count). The third-order valence-corrected chi connectivity index (χ3v) is 1.69. The monoisotopic (exact) mass is 150 g/mol. The average molecular weight is 150 g/mol. The molecular formula is C8H10N2O. The molecule has 0 bridgehead atoms. The van der Waals surface area contributed by atoms with E-state index in [0.717, 1.165) is 18.7 Å². The van der Waals surface area contributed by atoms with Crippen LogP contribution in [0.1, 0.15) is 6.42 Å². The molecule has 0 saturated carbocycles. The Morgan fingerprint density at radius 3 is 3.09 bits per heavy atom. The maximum atomic E-state index is 5.48. The lowest BCUT2D eigenvalue weighted by atomic mass is 10.2. The fraction of sp³-hybridized carbons (Fsp3) is 0.375. The highest BCUT2D eigenvalue weighted by molar-refractivity contribution is 5.15. The summed E-state index contributed by atoms with van der Waals surface area (Å²) < 4.78 is 5.48. The molecule has 1 atom stereocenters. The van der Waals surface area contributed by atoms with E-state index in [1.54, 1.807) is 12.4 Å². The van der Waals surface area contributed by atoms with Gasteiger partial charge in [-0.3, -0.25) is 10.3 Å². The minimum atomic E-state index is 0.208. The predicted molar refractivity (Wildman–Crippen MR) is 41.3 cm³/mol. The highest BCUT2D eigenvalue weighted by Gasteiger charge is 2.17. The Morgan fingerprint density at radius 1 is 1.64 bits per heavy atom. The summed E-state index contributed by atoms with van der Waals surface area (Å²) in [6.45, 7) is 1.06. The molecule has 0 aromatic carbocycles. The van der Waals surface area contributed by atoms with Gasteiger partial charge in [0.25, 0.3) is 0 Å². The molecule has 3 nitrogen and oxygen atoms in total. The van der Waals surface area contributed by atoms with Crippen LogP contribution in [0.25, 0.3) is 0 Å². The summed E-state index contributed by atoms with van der Waals surface area (Å²) in [5.41, 5.74) is 0. The maximum absolute atomic E-state index is 5.48. The Balaban J connectivity index is 1.95. The molecule has 1 aromatic heterocycles. The van der Waals surface area contributed by atoms with Crippen LogP contribution in [0.15, 0.2) is 24.5 Å². The number of ether oxygens (including phenoxy) is 1. The minimum Gasteiger partial charge on any atom is -0.474 e. The summed E-state index contributed by atoms with van der Waals surface area (Å²) in [7, 11) is 0.